The molecule has 0 spiro atoms. The van der Waals surface area contributed by atoms with Gasteiger partial charge in [0, 0.05) is 0 Å². The summed E-state index contributed by atoms with van der Waals surface area (Å²) in [7, 11) is 0. The number of aliphatic hydroxyl groups is 1. The number of rotatable bonds is 0. The number of hydrogen-bond donors (Lipinski definition) is 1. The van der Waals surface area contributed by atoms with Crippen molar-refractivity contribution in [2.75, 3.05) is 0 Å². The average Bonchev–Trinajstić information content (AvgIpc) is 2.65. The molecule has 0 bridgehead atoms. The molecule has 3 aliphatic heterocycles. The van der Waals surface area contributed by atoms with Crippen LogP contribution in [0.1, 0.15) is 27.7 Å². The maximum absolute atomic E-state index is 10.1. The molecule has 3 fully saturated rings. The van der Waals surface area contributed by atoms with Crippen LogP contribution in [0, 0.1) is 0 Å². The lowest BCUT2D eigenvalue weighted by Gasteiger charge is -2.25. The fraction of sp³-hybridized carbons (Fsp3) is 1.00. The quantitative estimate of drug-likeness (QED) is 0.653. The Labute approximate surface area is 94.6 Å². The molecule has 0 aromatic rings. The molecule has 3 heterocycles. The van der Waals surface area contributed by atoms with E-state index in [-0.39, 0.29) is 18.3 Å². The summed E-state index contributed by atoms with van der Waals surface area (Å²) in [5, 5.41) is 10.1. The first-order valence-corrected chi connectivity index (χ1v) is 5.67. The van der Waals surface area contributed by atoms with E-state index in [1.165, 1.54) is 0 Å². The number of fused-ring (bicyclic) bond motifs is 3. The second kappa shape index (κ2) is 2.97. The van der Waals surface area contributed by atoms with Gasteiger partial charge in [-0.3, -0.25) is 0 Å². The van der Waals surface area contributed by atoms with Crippen LogP contribution in [0.5, 0.6) is 0 Å². The maximum atomic E-state index is 10.1. The Morgan fingerprint density at radius 3 is 2.25 bits per heavy atom. The molecule has 3 aliphatic rings. The minimum atomic E-state index is -0.640. The summed E-state index contributed by atoms with van der Waals surface area (Å²) >= 11 is 0. The SMILES string of the molecule is CC1(C)OC2O[C@@H]3C(O)C(C)(C)O[C@@H]3[C@H]2O1. The monoisotopic (exact) mass is 230 g/mol. The number of aliphatic hydroxyl groups excluding tert-OH is 1. The van der Waals surface area contributed by atoms with Crippen molar-refractivity contribution in [3.05, 3.63) is 0 Å². The van der Waals surface area contributed by atoms with Gasteiger partial charge in [0.25, 0.3) is 0 Å². The van der Waals surface area contributed by atoms with Gasteiger partial charge in [-0.15, -0.1) is 0 Å². The molecule has 0 radical (unpaired) electrons. The summed E-state index contributed by atoms with van der Waals surface area (Å²) in [6.45, 7) is 7.41. The average molecular weight is 230 g/mol. The van der Waals surface area contributed by atoms with Crippen LogP contribution in [0.2, 0.25) is 0 Å². The number of hydrogen-bond acceptors (Lipinski definition) is 5. The van der Waals surface area contributed by atoms with Crippen LogP contribution in [-0.4, -0.2) is 47.2 Å². The van der Waals surface area contributed by atoms with Crippen LogP contribution in [0.4, 0.5) is 0 Å². The van der Waals surface area contributed by atoms with Crippen molar-refractivity contribution >= 4 is 0 Å². The third kappa shape index (κ3) is 1.36. The van der Waals surface area contributed by atoms with E-state index in [2.05, 4.69) is 0 Å². The lowest BCUT2D eigenvalue weighted by atomic mass is 9.99. The smallest absolute Gasteiger partial charge is 0.190 e. The summed E-state index contributed by atoms with van der Waals surface area (Å²) in [6, 6.07) is 0. The largest absolute Gasteiger partial charge is 0.387 e. The molecule has 0 amide bonds. The van der Waals surface area contributed by atoms with Gasteiger partial charge in [-0.1, -0.05) is 0 Å². The molecule has 0 saturated carbocycles. The van der Waals surface area contributed by atoms with Gasteiger partial charge in [0.15, 0.2) is 12.1 Å². The standard InChI is InChI=1S/C11H18O5/c1-10(2)8(12)6-5(14-10)7-9(13-6)16-11(3,4)15-7/h5-9,12H,1-4H3/t5-,6-,7+,8?,9?/m0/s1. The summed E-state index contributed by atoms with van der Waals surface area (Å²) in [5.41, 5.74) is -0.587. The lowest BCUT2D eigenvalue weighted by Crippen LogP contribution is -2.39. The van der Waals surface area contributed by atoms with Crippen LogP contribution in [0.3, 0.4) is 0 Å². The van der Waals surface area contributed by atoms with E-state index < -0.39 is 23.8 Å². The van der Waals surface area contributed by atoms with Crippen molar-refractivity contribution in [2.24, 2.45) is 0 Å². The van der Waals surface area contributed by atoms with Gasteiger partial charge in [-0.05, 0) is 27.7 Å². The van der Waals surface area contributed by atoms with Gasteiger partial charge in [0.05, 0.1) is 5.60 Å². The molecular weight excluding hydrogens is 212 g/mol. The van der Waals surface area contributed by atoms with Crippen LogP contribution >= 0.6 is 0 Å². The molecule has 2 unspecified atom stereocenters. The minimum Gasteiger partial charge on any atom is -0.387 e. The molecule has 16 heavy (non-hydrogen) atoms. The van der Waals surface area contributed by atoms with Gasteiger partial charge >= 0.3 is 0 Å². The van der Waals surface area contributed by atoms with E-state index in [0.29, 0.717) is 0 Å². The second-order valence-electron chi connectivity index (χ2n) is 5.70. The highest BCUT2D eigenvalue weighted by atomic mass is 16.8. The molecule has 5 heteroatoms. The maximum Gasteiger partial charge on any atom is 0.190 e. The predicted molar refractivity (Wildman–Crippen MR) is 53.7 cm³/mol. The van der Waals surface area contributed by atoms with Crippen molar-refractivity contribution in [1.29, 1.82) is 0 Å². The molecule has 0 aromatic heterocycles. The summed E-state index contributed by atoms with van der Waals surface area (Å²) in [5.74, 6) is -0.638. The Kier molecular flexibility index (Phi) is 2.03. The third-order valence-electron chi connectivity index (χ3n) is 3.49. The molecule has 3 rings (SSSR count). The molecule has 3 saturated heterocycles. The van der Waals surface area contributed by atoms with Crippen molar-refractivity contribution < 1.29 is 24.1 Å². The summed E-state index contributed by atoms with van der Waals surface area (Å²) < 4.78 is 22.8. The lowest BCUT2D eigenvalue weighted by molar-refractivity contribution is -0.214. The molecule has 0 aromatic carbocycles. The zero-order valence-electron chi connectivity index (χ0n) is 9.97. The van der Waals surface area contributed by atoms with Crippen molar-refractivity contribution in [2.45, 2.75) is 69.8 Å². The van der Waals surface area contributed by atoms with Crippen LogP contribution in [-0.2, 0) is 18.9 Å². The van der Waals surface area contributed by atoms with E-state index >= 15 is 0 Å². The van der Waals surface area contributed by atoms with Crippen molar-refractivity contribution in [3.8, 4) is 0 Å². The molecular formula is C11H18O5. The predicted octanol–water partition coefficient (Wildman–Crippen LogP) is 0.401. The van der Waals surface area contributed by atoms with Gasteiger partial charge in [-0.2, -0.15) is 0 Å². The van der Waals surface area contributed by atoms with E-state index in [0.717, 1.165) is 0 Å². The molecule has 92 valence electrons. The molecule has 5 nitrogen and oxygen atoms in total. The third-order valence-corrected chi connectivity index (χ3v) is 3.49. The van der Waals surface area contributed by atoms with Gasteiger partial charge in [-0.25, -0.2) is 0 Å². The highest BCUT2D eigenvalue weighted by molar-refractivity contribution is 5.06. The van der Waals surface area contributed by atoms with E-state index in [1.54, 1.807) is 0 Å². The summed E-state index contributed by atoms with van der Waals surface area (Å²) in [4.78, 5) is 0. The normalized spacial score (nSPS) is 52.7. The first kappa shape index (κ1) is 10.9. The van der Waals surface area contributed by atoms with Crippen LogP contribution in [0.15, 0.2) is 0 Å². The van der Waals surface area contributed by atoms with Gasteiger partial charge in [0.2, 0.25) is 0 Å². The zero-order chi connectivity index (χ0) is 11.7. The van der Waals surface area contributed by atoms with Crippen molar-refractivity contribution in [1.82, 2.24) is 0 Å². The topological polar surface area (TPSA) is 57.2 Å². The Morgan fingerprint density at radius 2 is 1.56 bits per heavy atom. The zero-order valence-corrected chi connectivity index (χ0v) is 9.97. The molecule has 1 N–H and O–H groups in total. The fourth-order valence-corrected chi connectivity index (χ4v) is 2.71. The first-order valence-electron chi connectivity index (χ1n) is 5.67. The summed E-state index contributed by atoms with van der Waals surface area (Å²) in [6.07, 6.45) is -1.89. The Morgan fingerprint density at radius 1 is 0.875 bits per heavy atom. The van der Waals surface area contributed by atoms with E-state index in [4.69, 9.17) is 18.9 Å². The first-order chi connectivity index (χ1) is 7.30. The van der Waals surface area contributed by atoms with Gasteiger partial charge < -0.3 is 24.1 Å². The molecule has 0 aliphatic carbocycles. The number of ether oxygens (including phenoxy) is 4. The van der Waals surface area contributed by atoms with Crippen molar-refractivity contribution in [3.63, 3.8) is 0 Å². The Balaban J connectivity index is 1.83. The Bertz CT molecular complexity index is 313. The van der Waals surface area contributed by atoms with E-state index in [9.17, 15) is 5.11 Å². The van der Waals surface area contributed by atoms with E-state index in [1.807, 2.05) is 27.7 Å². The van der Waals surface area contributed by atoms with Crippen LogP contribution in [0.25, 0.3) is 0 Å². The molecule has 5 atom stereocenters. The fourth-order valence-electron chi connectivity index (χ4n) is 2.71. The minimum absolute atomic E-state index is 0.239. The second-order valence-corrected chi connectivity index (χ2v) is 5.70. The highest BCUT2D eigenvalue weighted by Gasteiger charge is 2.63. The highest BCUT2D eigenvalue weighted by Crippen LogP contribution is 2.46. The van der Waals surface area contributed by atoms with Crippen LogP contribution < -0.4 is 0 Å². The Hall–Kier alpha value is -0.200. The van der Waals surface area contributed by atoms with Gasteiger partial charge in [0.1, 0.15) is 24.4 Å².